The Hall–Kier alpha value is -1.23. The van der Waals surface area contributed by atoms with Gasteiger partial charge >= 0.3 is 0 Å². The van der Waals surface area contributed by atoms with Gasteiger partial charge in [0, 0.05) is 50.2 Å². The van der Waals surface area contributed by atoms with Crippen molar-refractivity contribution in [1.29, 1.82) is 0 Å². The Bertz CT molecular complexity index is 733. The number of nitro groups is 1. The molecule has 0 unspecified atom stereocenters. The number of rotatable bonds is 7. The van der Waals surface area contributed by atoms with E-state index >= 15 is 0 Å². The van der Waals surface area contributed by atoms with E-state index in [1.165, 1.54) is 10.4 Å². The van der Waals surface area contributed by atoms with Gasteiger partial charge in [0.1, 0.15) is 4.90 Å². The number of halogens is 1. The van der Waals surface area contributed by atoms with Gasteiger partial charge in [-0.05, 0) is 19.0 Å². The summed E-state index contributed by atoms with van der Waals surface area (Å²) in [4.78, 5) is 12.8. The molecular weight excluding hydrogens is 412 g/mol. The molecule has 0 atom stereocenters. The van der Waals surface area contributed by atoms with Gasteiger partial charge in [0.15, 0.2) is 0 Å². The van der Waals surface area contributed by atoms with E-state index in [0.29, 0.717) is 49.3 Å². The molecular formula is C15H23BrN4O4S. The molecule has 0 bridgehead atoms. The van der Waals surface area contributed by atoms with Crippen molar-refractivity contribution in [3.8, 4) is 0 Å². The van der Waals surface area contributed by atoms with Gasteiger partial charge in [0.25, 0.3) is 5.69 Å². The molecule has 1 fully saturated rings. The minimum Gasteiger partial charge on any atom is -0.383 e. The predicted octanol–water partition coefficient (Wildman–Crippen LogP) is 2.04. The van der Waals surface area contributed by atoms with Crippen molar-refractivity contribution in [3.63, 3.8) is 0 Å². The highest BCUT2D eigenvalue weighted by molar-refractivity contribution is 9.09. The molecule has 8 nitrogen and oxygen atoms in total. The van der Waals surface area contributed by atoms with Crippen LogP contribution in [0.25, 0.3) is 0 Å². The molecule has 1 saturated heterocycles. The van der Waals surface area contributed by atoms with Crippen LogP contribution in [0.5, 0.6) is 0 Å². The van der Waals surface area contributed by atoms with Crippen LogP contribution in [0.2, 0.25) is 0 Å². The molecule has 1 aliphatic heterocycles. The van der Waals surface area contributed by atoms with E-state index in [1.807, 2.05) is 6.92 Å². The molecule has 0 spiro atoms. The summed E-state index contributed by atoms with van der Waals surface area (Å²) in [5, 5.41) is 14.9. The zero-order chi connectivity index (χ0) is 18.6. The number of non-ortho nitro benzene ring substituents is 1. The molecule has 0 saturated carbocycles. The number of alkyl halides is 1. The van der Waals surface area contributed by atoms with E-state index in [-0.39, 0.29) is 10.6 Å². The summed E-state index contributed by atoms with van der Waals surface area (Å²) in [6.07, 6.45) is 0. The third-order valence-corrected chi connectivity index (χ3v) is 6.61. The van der Waals surface area contributed by atoms with Crippen LogP contribution in [0.1, 0.15) is 12.5 Å². The van der Waals surface area contributed by atoms with E-state index < -0.39 is 14.9 Å². The topological polar surface area (TPSA) is 95.8 Å². The average Bonchev–Trinajstić information content (AvgIpc) is 2.60. The standard InChI is InChI=1S/C15H23BrN4O4S/c1-3-18-6-8-19(9-7-18)25(23,24)14-11-13(20(21)22)10-12(2)15(14)17-5-4-16/h10-11,17H,3-9H2,1-2H3. The quantitative estimate of drug-likeness (QED) is 0.400. The summed E-state index contributed by atoms with van der Waals surface area (Å²) in [7, 11) is -3.81. The lowest BCUT2D eigenvalue weighted by Gasteiger charge is -2.33. The van der Waals surface area contributed by atoms with Crippen LogP contribution in [0.15, 0.2) is 17.0 Å². The highest BCUT2D eigenvalue weighted by Crippen LogP contribution is 2.32. The Morgan fingerprint density at radius 2 is 1.92 bits per heavy atom. The summed E-state index contributed by atoms with van der Waals surface area (Å²) in [5.41, 5.74) is 0.761. The third-order valence-electron chi connectivity index (χ3n) is 4.29. The number of anilines is 1. The van der Waals surface area contributed by atoms with Crippen LogP contribution < -0.4 is 5.32 Å². The Labute approximate surface area is 156 Å². The number of nitro benzene ring substituents is 1. The Morgan fingerprint density at radius 3 is 2.44 bits per heavy atom. The molecule has 0 aromatic heterocycles. The molecule has 10 heteroatoms. The van der Waals surface area contributed by atoms with Crippen molar-refractivity contribution in [2.75, 3.05) is 49.9 Å². The van der Waals surface area contributed by atoms with E-state index in [4.69, 9.17) is 0 Å². The number of benzene rings is 1. The first-order valence-corrected chi connectivity index (χ1v) is 10.7. The van der Waals surface area contributed by atoms with Crippen molar-refractivity contribution >= 4 is 37.3 Å². The number of piperazine rings is 1. The van der Waals surface area contributed by atoms with E-state index in [2.05, 4.69) is 26.1 Å². The summed E-state index contributed by atoms with van der Waals surface area (Å²) in [6.45, 7) is 7.20. The molecule has 0 aliphatic carbocycles. The van der Waals surface area contributed by atoms with Crippen molar-refractivity contribution < 1.29 is 13.3 Å². The van der Waals surface area contributed by atoms with Crippen LogP contribution in [-0.4, -0.2) is 67.1 Å². The van der Waals surface area contributed by atoms with Crippen LogP contribution in [0.4, 0.5) is 11.4 Å². The van der Waals surface area contributed by atoms with Crippen molar-refractivity contribution in [1.82, 2.24) is 9.21 Å². The molecule has 25 heavy (non-hydrogen) atoms. The van der Waals surface area contributed by atoms with Gasteiger partial charge in [-0.25, -0.2) is 8.42 Å². The van der Waals surface area contributed by atoms with E-state index in [0.717, 1.165) is 12.6 Å². The fraction of sp³-hybridized carbons (Fsp3) is 0.600. The second kappa shape index (κ2) is 8.43. The second-order valence-electron chi connectivity index (χ2n) is 5.85. The molecule has 1 N–H and O–H groups in total. The summed E-state index contributed by atoms with van der Waals surface area (Å²) >= 11 is 3.30. The number of hydrogen-bond acceptors (Lipinski definition) is 6. The van der Waals surface area contributed by atoms with Gasteiger partial charge in [-0.3, -0.25) is 10.1 Å². The lowest BCUT2D eigenvalue weighted by molar-refractivity contribution is -0.385. The van der Waals surface area contributed by atoms with Crippen molar-refractivity contribution in [2.45, 2.75) is 18.7 Å². The van der Waals surface area contributed by atoms with Crippen molar-refractivity contribution in [2.24, 2.45) is 0 Å². The molecule has 2 rings (SSSR count). The van der Waals surface area contributed by atoms with Gasteiger partial charge in [-0.1, -0.05) is 22.9 Å². The summed E-state index contributed by atoms with van der Waals surface area (Å²) < 4.78 is 27.7. The largest absolute Gasteiger partial charge is 0.383 e. The number of nitrogens with zero attached hydrogens (tertiary/aromatic N) is 3. The Morgan fingerprint density at radius 1 is 1.28 bits per heavy atom. The maximum atomic E-state index is 13.1. The Kier molecular flexibility index (Phi) is 6.78. The molecule has 1 aromatic carbocycles. The first kappa shape index (κ1) is 20.1. The average molecular weight is 435 g/mol. The van der Waals surface area contributed by atoms with Gasteiger partial charge in [0.2, 0.25) is 10.0 Å². The zero-order valence-electron chi connectivity index (χ0n) is 14.4. The van der Waals surface area contributed by atoms with Crippen LogP contribution in [0.3, 0.4) is 0 Å². The predicted molar refractivity (Wildman–Crippen MR) is 101 cm³/mol. The molecule has 140 valence electrons. The normalized spacial score (nSPS) is 16.8. The van der Waals surface area contributed by atoms with Gasteiger partial charge < -0.3 is 10.2 Å². The molecule has 0 radical (unpaired) electrons. The number of likely N-dealkylation sites (N-methyl/N-ethyl adjacent to an activating group) is 1. The maximum Gasteiger partial charge on any atom is 0.271 e. The van der Waals surface area contributed by atoms with E-state index in [9.17, 15) is 18.5 Å². The number of sulfonamides is 1. The second-order valence-corrected chi connectivity index (χ2v) is 8.55. The molecule has 1 aromatic rings. The van der Waals surface area contributed by atoms with E-state index in [1.54, 1.807) is 6.92 Å². The van der Waals surface area contributed by atoms with Gasteiger partial charge in [-0.2, -0.15) is 4.31 Å². The smallest absolute Gasteiger partial charge is 0.271 e. The number of hydrogen-bond donors (Lipinski definition) is 1. The molecule has 1 heterocycles. The first-order chi connectivity index (χ1) is 11.8. The molecule has 1 aliphatic rings. The number of nitrogens with one attached hydrogen (secondary N) is 1. The highest BCUT2D eigenvalue weighted by atomic mass is 79.9. The lowest BCUT2D eigenvalue weighted by atomic mass is 10.2. The SMILES string of the molecule is CCN1CCN(S(=O)(=O)c2cc([N+](=O)[O-])cc(C)c2NCCBr)CC1. The van der Waals surface area contributed by atoms with Gasteiger partial charge in [-0.15, -0.1) is 0 Å². The fourth-order valence-electron chi connectivity index (χ4n) is 2.87. The third kappa shape index (κ3) is 4.49. The van der Waals surface area contributed by atoms with Crippen LogP contribution >= 0.6 is 15.9 Å². The maximum absolute atomic E-state index is 13.1. The van der Waals surface area contributed by atoms with Crippen LogP contribution in [0, 0.1) is 17.0 Å². The summed E-state index contributed by atoms with van der Waals surface area (Å²) in [6, 6.07) is 2.55. The minimum absolute atomic E-state index is 0.0231. The highest BCUT2D eigenvalue weighted by Gasteiger charge is 2.32. The van der Waals surface area contributed by atoms with Gasteiger partial charge in [0.05, 0.1) is 10.6 Å². The minimum atomic E-state index is -3.81. The first-order valence-electron chi connectivity index (χ1n) is 8.12. The lowest BCUT2D eigenvalue weighted by Crippen LogP contribution is -2.48. The Balaban J connectivity index is 2.45. The fourth-order valence-corrected chi connectivity index (χ4v) is 4.75. The zero-order valence-corrected chi connectivity index (χ0v) is 16.8. The van der Waals surface area contributed by atoms with Crippen molar-refractivity contribution in [3.05, 3.63) is 27.8 Å². The van der Waals surface area contributed by atoms with Crippen LogP contribution in [-0.2, 0) is 10.0 Å². The monoisotopic (exact) mass is 434 g/mol. The molecule has 0 amide bonds. The summed E-state index contributed by atoms with van der Waals surface area (Å²) in [5.74, 6) is 0. The number of aryl methyl sites for hydroxylation is 1.